The quantitative estimate of drug-likeness (QED) is 0.661. The highest BCUT2D eigenvalue weighted by Gasteiger charge is 2.30. The highest BCUT2D eigenvalue weighted by atomic mass is 16.5. The molecule has 6 nitrogen and oxygen atoms in total. The Hall–Kier alpha value is -1.30. The van der Waals surface area contributed by atoms with Crippen LogP contribution in [0.3, 0.4) is 0 Å². The number of urea groups is 1. The molecule has 3 N–H and O–H groups in total. The minimum atomic E-state index is -0.745. The Morgan fingerprint density at radius 3 is 2.65 bits per heavy atom. The fourth-order valence-corrected chi connectivity index (χ4v) is 2.67. The number of ether oxygens (including phenoxy) is 1. The second kappa shape index (κ2) is 8.79. The first kappa shape index (κ1) is 16.8. The van der Waals surface area contributed by atoms with Gasteiger partial charge in [0.2, 0.25) is 0 Å². The van der Waals surface area contributed by atoms with Gasteiger partial charge in [0.15, 0.2) is 0 Å². The van der Waals surface area contributed by atoms with E-state index >= 15 is 0 Å². The molecule has 0 aromatic rings. The topological polar surface area (TPSA) is 87.7 Å². The molecule has 116 valence electrons. The predicted molar refractivity (Wildman–Crippen MR) is 75.5 cm³/mol. The second-order valence-electron chi connectivity index (χ2n) is 5.64. The van der Waals surface area contributed by atoms with Gasteiger partial charge in [-0.1, -0.05) is 19.8 Å². The van der Waals surface area contributed by atoms with Crippen molar-refractivity contribution in [1.29, 1.82) is 0 Å². The van der Waals surface area contributed by atoms with Gasteiger partial charge in [-0.3, -0.25) is 4.79 Å². The number of nitrogens with one attached hydrogen (secondary N) is 2. The zero-order valence-electron chi connectivity index (χ0n) is 12.4. The van der Waals surface area contributed by atoms with E-state index in [1.807, 2.05) is 6.92 Å². The Kier molecular flexibility index (Phi) is 7.36. The van der Waals surface area contributed by atoms with Crippen molar-refractivity contribution in [1.82, 2.24) is 10.6 Å². The third kappa shape index (κ3) is 5.77. The number of hydrogen-bond donors (Lipinski definition) is 3. The van der Waals surface area contributed by atoms with Crippen LogP contribution in [0.15, 0.2) is 0 Å². The maximum atomic E-state index is 11.7. The lowest BCUT2D eigenvalue weighted by atomic mass is 9.79. The maximum Gasteiger partial charge on any atom is 0.314 e. The van der Waals surface area contributed by atoms with Crippen LogP contribution in [0.5, 0.6) is 0 Å². The molecule has 1 fully saturated rings. The van der Waals surface area contributed by atoms with Gasteiger partial charge in [0, 0.05) is 20.2 Å². The van der Waals surface area contributed by atoms with Crippen LogP contribution in [0.2, 0.25) is 0 Å². The van der Waals surface area contributed by atoms with Crippen LogP contribution in [-0.4, -0.2) is 43.9 Å². The van der Waals surface area contributed by atoms with Gasteiger partial charge < -0.3 is 20.5 Å². The number of carboxylic acid groups (broad SMARTS) is 1. The number of amides is 2. The third-order valence-electron chi connectivity index (χ3n) is 3.81. The molecule has 0 aliphatic heterocycles. The molecule has 1 saturated carbocycles. The molecule has 1 aliphatic carbocycles. The number of carbonyl (C=O) groups is 2. The lowest BCUT2D eigenvalue weighted by molar-refractivity contribution is -0.144. The molecular formula is C14H26N2O4. The van der Waals surface area contributed by atoms with E-state index in [4.69, 9.17) is 9.84 Å². The van der Waals surface area contributed by atoms with Crippen molar-refractivity contribution < 1.29 is 19.4 Å². The molecule has 0 spiro atoms. The highest BCUT2D eigenvalue weighted by molar-refractivity contribution is 5.74. The second-order valence-corrected chi connectivity index (χ2v) is 5.64. The average molecular weight is 286 g/mol. The van der Waals surface area contributed by atoms with E-state index in [0.717, 1.165) is 19.3 Å². The summed E-state index contributed by atoms with van der Waals surface area (Å²) < 4.78 is 4.99. The molecule has 1 aliphatic rings. The Morgan fingerprint density at radius 1 is 1.30 bits per heavy atom. The summed E-state index contributed by atoms with van der Waals surface area (Å²) >= 11 is 0. The van der Waals surface area contributed by atoms with E-state index in [9.17, 15) is 9.59 Å². The van der Waals surface area contributed by atoms with Crippen molar-refractivity contribution in [2.24, 2.45) is 17.8 Å². The highest BCUT2D eigenvalue weighted by Crippen LogP contribution is 2.29. The molecule has 0 radical (unpaired) electrons. The van der Waals surface area contributed by atoms with E-state index in [1.54, 1.807) is 7.11 Å². The number of carbonyl (C=O) groups excluding carboxylic acids is 1. The summed E-state index contributed by atoms with van der Waals surface area (Å²) in [6.45, 7) is 3.57. The number of aliphatic carboxylic acids is 1. The van der Waals surface area contributed by atoms with Crippen LogP contribution in [0.1, 0.15) is 32.6 Å². The molecule has 0 bridgehead atoms. The van der Waals surface area contributed by atoms with Crippen LogP contribution in [0, 0.1) is 17.8 Å². The third-order valence-corrected chi connectivity index (χ3v) is 3.81. The van der Waals surface area contributed by atoms with Crippen molar-refractivity contribution in [2.45, 2.75) is 32.6 Å². The van der Waals surface area contributed by atoms with E-state index in [0.29, 0.717) is 26.1 Å². The average Bonchev–Trinajstić information content (AvgIpc) is 2.43. The van der Waals surface area contributed by atoms with Crippen molar-refractivity contribution in [3.63, 3.8) is 0 Å². The van der Waals surface area contributed by atoms with Crippen LogP contribution >= 0.6 is 0 Å². The maximum absolute atomic E-state index is 11.7. The van der Waals surface area contributed by atoms with E-state index < -0.39 is 5.97 Å². The first-order valence-corrected chi connectivity index (χ1v) is 7.28. The summed E-state index contributed by atoms with van der Waals surface area (Å²) in [7, 11) is 1.63. The number of rotatable bonds is 7. The summed E-state index contributed by atoms with van der Waals surface area (Å²) in [6.07, 6.45) is 3.60. The van der Waals surface area contributed by atoms with Crippen LogP contribution in [-0.2, 0) is 9.53 Å². The first-order chi connectivity index (χ1) is 9.54. The number of hydrogen-bond acceptors (Lipinski definition) is 3. The molecule has 0 aromatic carbocycles. The molecule has 2 amide bonds. The van der Waals surface area contributed by atoms with E-state index in [-0.39, 0.29) is 23.8 Å². The molecule has 0 heterocycles. The predicted octanol–water partition coefficient (Wildman–Crippen LogP) is 1.46. The van der Waals surface area contributed by atoms with Crippen molar-refractivity contribution in [2.75, 3.05) is 26.8 Å². The molecule has 3 unspecified atom stereocenters. The van der Waals surface area contributed by atoms with Crippen molar-refractivity contribution >= 4 is 12.0 Å². The van der Waals surface area contributed by atoms with Gasteiger partial charge >= 0.3 is 12.0 Å². The van der Waals surface area contributed by atoms with Gasteiger partial charge in [-0.25, -0.2) is 4.79 Å². The molecule has 1 rings (SSSR count). The largest absolute Gasteiger partial charge is 0.481 e. The SMILES string of the molecule is COCC(C)CNC(=O)NCC1CCCCC1C(=O)O. The summed E-state index contributed by atoms with van der Waals surface area (Å²) in [5.74, 6) is -0.766. The van der Waals surface area contributed by atoms with Gasteiger partial charge in [-0.2, -0.15) is 0 Å². The Balaban J connectivity index is 2.27. The molecular weight excluding hydrogens is 260 g/mol. The zero-order valence-corrected chi connectivity index (χ0v) is 12.4. The molecule has 6 heteroatoms. The fraction of sp³-hybridized carbons (Fsp3) is 0.857. The molecule has 20 heavy (non-hydrogen) atoms. The van der Waals surface area contributed by atoms with Gasteiger partial charge in [-0.15, -0.1) is 0 Å². The Labute approximate surface area is 120 Å². The number of methoxy groups -OCH3 is 1. The van der Waals surface area contributed by atoms with Crippen molar-refractivity contribution in [3.05, 3.63) is 0 Å². The first-order valence-electron chi connectivity index (χ1n) is 7.28. The standard InChI is InChI=1S/C14H26N2O4/c1-10(9-20-2)7-15-14(19)16-8-11-5-3-4-6-12(11)13(17)18/h10-12H,3-9H2,1-2H3,(H,17,18)(H2,15,16,19). The summed E-state index contributed by atoms with van der Waals surface area (Å²) in [6, 6.07) is -0.234. The van der Waals surface area contributed by atoms with Gasteiger partial charge in [-0.05, 0) is 24.7 Å². The summed E-state index contributed by atoms with van der Waals surface area (Å²) in [5, 5.41) is 14.7. The summed E-state index contributed by atoms with van der Waals surface area (Å²) in [4.78, 5) is 22.8. The minimum Gasteiger partial charge on any atom is -0.481 e. The van der Waals surface area contributed by atoms with Crippen LogP contribution in [0.25, 0.3) is 0 Å². The van der Waals surface area contributed by atoms with Crippen LogP contribution in [0.4, 0.5) is 4.79 Å². The van der Waals surface area contributed by atoms with Crippen LogP contribution < -0.4 is 10.6 Å². The summed E-state index contributed by atoms with van der Waals surface area (Å²) in [5.41, 5.74) is 0. The van der Waals surface area contributed by atoms with E-state index in [2.05, 4.69) is 10.6 Å². The minimum absolute atomic E-state index is 0.0448. The lowest BCUT2D eigenvalue weighted by Crippen LogP contribution is -2.43. The van der Waals surface area contributed by atoms with Gasteiger partial charge in [0.05, 0.1) is 12.5 Å². The Morgan fingerprint density at radius 2 is 2.00 bits per heavy atom. The normalized spacial score (nSPS) is 23.9. The zero-order chi connectivity index (χ0) is 15.0. The molecule has 0 aromatic heterocycles. The molecule has 3 atom stereocenters. The smallest absolute Gasteiger partial charge is 0.314 e. The van der Waals surface area contributed by atoms with Gasteiger partial charge in [0.1, 0.15) is 0 Å². The fourth-order valence-electron chi connectivity index (χ4n) is 2.67. The van der Waals surface area contributed by atoms with Gasteiger partial charge in [0.25, 0.3) is 0 Å². The molecule has 0 saturated heterocycles. The van der Waals surface area contributed by atoms with Crippen molar-refractivity contribution in [3.8, 4) is 0 Å². The lowest BCUT2D eigenvalue weighted by Gasteiger charge is -2.28. The van der Waals surface area contributed by atoms with E-state index in [1.165, 1.54) is 0 Å². The Bertz CT molecular complexity index is 322. The number of carboxylic acids is 1. The monoisotopic (exact) mass is 286 g/mol.